The molecular formula is C13H14ClN2NaO6. The van der Waals surface area contributed by atoms with Crippen molar-refractivity contribution in [3.8, 4) is 0 Å². The van der Waals surface area contributed by atoms with Crippen LogP contribution in [0.25, 0.3) is 0 Å². The van der Waals surface area contributed by atoms with Crippen LogP contribution in [0.15, 0.2) is 18.2 Å². The number of carboxylic acid groups (broad SMARTS) is 2. The summed E-state index contributed by atoms with van der Waals surface area (Å²) < 4.78 is 0. The van der Waals surface area contributed by atoms with Gasteiger partial charge < -0.3 is 21.3 Å². The van der Waals surface area contributed by atoms with E-state index in [0.29, 0.717) is 0 Å². The molecule has 1 aromatic carbocycles. The number of benzene rings is 1. The van der Waals surface area contributed by atoms with Crippen LogP contribution in [0.1, 0.15) is 23.7 Å². The van der Waals surface area contributed by atoms with Crippen LogP contribution >= 0.6 is 11.6 Å². The molecule has 0 aliphatic rings. The van der Waals surface area contributed by atoms with Gasteiger partial charge in [-0.15, -0.1) is 0 Å². The third-order valence-electron chi connectivity index (χ3n) is 2.86. The maximum atomic E-state index is 12.2. The van der Waals surface area contributed by atoms with Crippen LogP contribution in [0, 0.1) is 0 Å². The van der Waals surface area contributed by atoms with E-state index in [1.54, 1.807) is 5.32 Å². The molecule has 0 fully saturated rings. The molecule has 1 aromatic rings. The number of halogens is 1. The summed E-state index contributed by atoms with van der Waals surface area (Å²) in [6.45, 7) is 0.943. The molecule has 0 spiro atoms. The van der Waals surface area contributed by atoms with Gasteiger partial charge in [-0.25, -0.2) is 9.59 Å². The van der Waals surface area contributed by atoms with Gasteiger partial charge in [0.1, 0.15) is 0 Å². The van der Waals surface area contributed by atoms with Gasteiger partial charge in [0.05, 0.1) is 6.42 Å². The molecule has 0 heterocycles. The van der Waals surface area contributed by atoms with Crippen LogP contribution in [-0.2, 0) is 14.4 Å². The Hall–Kier alpha value is -1.61. The summed E-state index contributed by atoms with van der Waals surface area (Å²) in [5.41, 5.74) is 2.72. The number of amides is 1. The Bertz CT molecular complexity index is 650. The summed E-state index contributed by atoms with van der Waals surface area (Å²) in [6.07, 6.45) is -1.01. The molecule has 120 valence electrons. The molecule has 23 heavy (non-hydrogen) atoms. The van der Waals surface area contributed by atoms with Crippen LogP contribution in [0.2, 0.25) is 5.02 Å². The standard InChI is InChI=1S/C13H13ClN2O6.Na.H/c1-6(17)16-13(11(19)20,12(21)22)5-10(18)8-4-7(14)2-3-9(8)15;;/h2-4H,5,15H2,1H3,(H,16,17)(H,19,20)(H,21,22);;. The minimum atomic E-state index is -2.78. The fraction of sp³-hybridized carbons (Fsp3) is 0.231. The Morgan fingerprint density at radius 1 is 1.22 bits per heavy atom. The zero-order valence-electron chi connectivity index (χ0n) is 11.4. The van der Waals surface area contributed by atoms with Gasteiger partial charge in [0.2, 0.25) is 11.4 Å². The number of nitrogen functional groups attached to an aromatic ring is 1. The number of carboxylic acids is 2. The van der Waals surface area contributed by atoms with Gasteiger partial charge in [-0.3, -0.25) is 9.59 Å². The number of nitrogens with one attached hydrogen (secondary N) is 1. The van der Waals surface area contributed by atoms with Gasteiger partial charge in [0, 0.05) is 23.2 Å². The predicted octanol–water partition coefficient (Wildman–Crippen LogP) is -0.109. The number of ketones is 1. The van der Waals surface area contributed by atoms with Crippen molar-refractivity contribution in [3.63, 3.8) is 0 Å². The van der Waals surface area contributed by atoms with E-state index < -0.39 is 35.6 Å². The average molecular weight is 353 g/mol. The fourth-order valence-electron chi connectivity index (χ4n) is 1.80. The molecule has 1 rings (SSSR count). The fourth-order valence-corrected chi connectivity index (χ4v) is 1.97. The van der Waals surface area contributed by atoms with Crippen LogP contribution in [0.4, 0.5) is 5.69 Å². The Morgan fingerprint density at radius 2 is 1.74 bits per heavy atom. The maximum absolute atomic E-state index is 12.2. The third-order valence-corrected chi connectivity index (χ3v) is 3.10. The quantitative estimate of drug-likeness (QED) is 0.242. The molecule has 1 amide bonds. The van der Waals surface area contributed by atoms with Crippen LogP contribution < -0.4 is 11.1 Å². The number of hydrogen-bond donors (Lipinski definition) is 4. The van der Waals surface area contributed by atoms with Crippen LogP contribution in [-0.4, -0.2) is 68.9 Å². The van der Waals surface area contributed by atoms with Crippen LogP contribution in [0.3, 0.4) is 0 Å². The summed E-state index contributed by atoms with van der Waals surface area (Å²) in [6, 6.07) is 3.95. The molecule has 0 radical (unpaired) electrons. The Balaban J connectivity index is 0.00000484. The first-order valence-electron chi connectivity index (χ1n) is 5.94. The minimum absolute atomic E-state index is 0. The number of hydrogen-bond acceptors (Lipinski definition) is 5. The number of aliphatic carboxylic acids is 2. The topological polar surface area (TPSA) is 147 Å². The second-order valence-electron chi connectivity index (χ2n) is 4.53. The van der Waals surface area contributed by atoms with E-state index in [-0.39, 0.29) is 45.8 Å². The first kappa shape index (κ1) is 21.4. The third kappa shape index (κ3) is 4.93. The van der Waals surface area contributed by atoms with Crippen LogP contribution in [0.5, 0.6) is 0 Å². The summed E-state index contributed by atoms with van der Waals surface area (Å²) in [7, 11) is 0. The van der Waals surface area contributed by atoms with E-state index in [1.165, 1.54) is 18.2 Å². The number of Topliss-reactive ketones (excluding diaryl/α,β-unsaturated/α-hetero) is 1. The first-order chi connectivity index (χ1) is 10.1. The van der Waals surface area contributed by atoms with E-state index in [4.69, 9.17) is 27.5 Å². The average Bonchev–Trinajstić information content (AvgIpc) is 2.39. The monoisotopic (exact) mass is 352 g/mol. The molecule has 0 bridgehead atoms. The molecule has 0 saturated heterocycles. The van der Waals surface area contributed by atoms with Crippen molar-refractivity contribution in [1.82, 2.24) is 5.32 Å². The second-order valence-corrected chi connectivity index (χ2v) is 4.96. The van der Waals surface area contributed by atoms with Crippen molar-refractivity contribution < 1.29 is 29.4 Å². The summed E-state index contributed by atoms with van der Waals surface area (Å²) in [4.78, 5) is 45.9. The van der Waals surface area contributed by atoms with Crippen molar-refractivity contribution >= 4 is 70.5 Å². The van der Waals surface area contributed by atoms with Gasteiger partial charge >= 0.3 is 41.5 Å². The molecule has 0 aliphatic carbocycles. The van der Waals surface area contributed by atoms with Crippen molar-refractivity contribution in [2.75, 3.05) is 5.73 Å². The zero-order valence-corrected chi connectivity index (χ0v) is 12.2. The molecule has 0 atom stereocenters. The van der Waals surface area contributed by atoms with Gasteiger partial charge in [-0.1, -0.05) is 11.6 Å². The first-order valence-corrected chi connectivity index (χ1v) is 6.31. The molecule has 10 heteroatoms. The molecule has 0 aromatic heterocycles. The van der Waals surface area contributed by atoms with E-state index in [9.17, 15) is 19.2 Å². The Morgan fingerprint density at radius 3 is 2.17 bits per heavy atom. The molecule has 0 saturated carbocycles. The number of nitrogens with two attached hydrogens (primary N) is 1. The van der Waals surface area contributed by atoms with Gasteiger partial charge in [-0.2, -0.15) is 0 Å². The van der Waals surface area contributed by atoms with E-state index >= 15 is 0 Å². The van der Waals surface area contributed by atoms with Gasteiger partial charge in [0.15, 0.2) is 5.78 Å². The second kappa shape index (κ2) is 8.30. The molecular weight excluding hydrogens is 339 g/mol. The zero-order chi connectivity index (χ0) is 17.1. The number of carbonyl (C=O) groups excluding carboxylic acids is 2. The number of rotatable bonds is 6. The van der Waals surface area contributed by atoms with Gasteiger partial charge in [0.25, 0.3) is 0 Å². The Labute approximate surface area is 158 Å². The number of carbonyl (C=O) groups is 4. The SMILES string of the molecule is CC(=O)NC(CC(=O)c1cc(Cl)ccc1N)(C(=O)O)C(=O)O.[NaH]. The molecule has 8 nitrogen and oxygen atoms in total. The van der Waals surface area contributed by atoms with Crippen molar-refractivity contribution in [1.29, 1.82) is 0 Å². The van der Waals surface area contributed by atoms with Crippen molar-refractivity contribution in [2.45, 2.75) is 18.9 Å². The molecule has 0 unspecified atom stereocenters. The number of anilines is 1. The van der Waals surface area contributed by atoms with E-state index in [0.717, 1.165) is 6.92 Å². The molecule has 5 N–H and O–H groups in total. The summed E-state index contributed by atoms with van der Waals surface area (Å²) >= 11 is 5.73. The predicted molar refractivity (Wildman–Crippen MR) is 83.8 cm³/mol. The van der Waals surface area contributed by atoms with E-state index in [2.05, 4.69) is 0 Å². The Kier molecular flexibility index (Phi) is 7.72. The summed E-state index contributed by atoms with van der Waals surface area (Å²) in [5.74, 6) is -5.52. The van der Waals surface area contributed by atoms with Gasteiger partial charge in [-0.05, 0) is 18.2 Å². The van der Waals surface area contributed by atoms with Crippen molar-refractivity contribution in [2.24, 2.45) is 0 Å². The van der Waals surface area contributed by atoms with E-state index in [1.807, 2.05) is 0 Å². The normalized spacial score (nSPS) is 10.3. The molecule has 0 aliphatic heterocycles. The summed E-state index contributed by atoms with van der Waals surface area (Å²) in [5, 5.41) is 20.3. The van der Waals surface area contributed by atoms with Crippen molar-refractivity contribution in [3.05, 3.63) is 28.8 Å².